The van der Waals surface area contributed by atoms with E-state index in [1.807, 2.05) is 0 Å². The van der Waals surface area contributed by atoms with Crippen molar-refractivity contribution in [3.63, 3.8) is 0 Å². The van der Waals surface area contributed by atoms with Crippen molar-refractivity contribution in [2.75, 3.05) is 5.73 Å². The van der Waals surface area contributed by atoms with E-state index >= 15 is 0 Å². The maximum atomic E-state index is 12.6. The number of halogens is 3. The van der Waals surface area contributed by atoms with Gasteiger partial charge < -0.3 is 5.73 Å². The van der Waals surface area contributed by atoms with Crippen LogP contribution < -0.4 is 5.73 Å². The summed E-state index contributed by atoms with van der Waals surface area (Å²) in [5, 5.41) is 10.5. The van der Waals surface area contributed by atoms with Gasteiger partial charge in [0.1, 0.15) is 0 Å². The van der Waals surface area contributed by atoms with E-state index in [2.05, 4.69) is 15.5 Å². The van der Waals surface area contributed by atoms with Gasteiger partial charge in [-0.3, -0.25) is 0 Å². The van der Waals surface area contributed by atoms with Crippen LogP contribution in [0.1, 0.15) is 11.4 Å². The quantitative estimate of drug-likeness (QED) is 0.772. The summed E-state index contributed by atoms with van der Waals surface area (Å²) < 4.78 is 39.1. The molecule has 0 aliphatic carbocycles. The molecule has 1 aromatic heterocycles. The summed E-state index contributed by atoms with van der Waals surface area (Å²) in [6, 6.07) is 3.52. The fourth-order valence-electron chi connectivity index (χ4n) is 1.39. The molecule has 0 saturated carbocycles. The molecule has 0 bridgehead atoms. The Morgan fingerprint density at radius 2 is 2.00 bits per heavy atom. The minimum absolute atomic E-state index is 0.217. The molecule has 0 aliphatic heterocycles. The van der Waals surface area contributed by atoms with E-state index in [0.29, 0.717) is 5.82 Å². The molecule has 2 rings (SSSR count). The number of nitrogens with zero attached hydrogens (tertiary/aromatic N) is 4. The second kappa shape index (κ2) is 3.72. The van der Waals surface area contributed by atoms with E-state index < -0.39 is 11.7 Å². The molecule has 0 radical (unpaired) electrons. The van der Waals surface area contributed by atoms with Crippen molar-refractivity contribution in [2.45, 2.75) is 13.1 Å². The van der Waals surface area contributed by atoms with Crippen molar-refractivity contribution < 1.29 is 13.2 Å². The molecular weight excluding hydrogens is 235 g/mol. The SMILES string of the molecule is Cc1nnnn1-c1ccc(N)c(C(F)(F)F)c1. The first-order valence-electron chi connectivity index (χ1n) is 4.61. The Balaban J connectivity index is 2.56. The first kappa shape index (κ1) is 11.4. The zero-order valence-corrected chi connectivity index (χ0v) is 8.73. The van der Waals surface area contributed by atoms with E-state index in [1.54, 1.807) is 6.92 Å². The smallest absolute Gasteiger partial charge is 0.398 e. The average molecular weight is 243 g/mol. The molecular formula is C9H8F3N5. The highest BCUT2D eigenvalue weighted by Gasteiger charge is 2.33. The number of nitrogens with two attached hydrogens (primary N) is 1. The second-order valence-electron chi connectivity index (χ2n) is 3.41. The lowest BCUT2D eigenvalue weighted by Crippen LogP contribution is -2.10. The zero-order valence-electron chi connectivity index (χ0n) is 8.73. The lowest BCUT2D eigenvalue weighted by atomic mass is 10.1. The number of hydrogen-bond acceptors (Lipinski definition) is 4. The minimum Gasteiger partial charge on any atom is -0.398 e. The second-order valence-corrected chi connectivity index (χ2v) is 3.41. The first-order chi connectivity index (χ1) is 7.89. The van der Waals surface area contributed by atoms with Crippen molar-refractivity contribution in [3.05, 3.63) is 29.6 Å². The molecule has 0 atom stereocenters. The fourth-order valence-corrected chi connectivity index (χ4v) is 1.39. The molecule has 2 aromatic rings. The molecule has 90 valence electrons. The zero-order chi connectivity index (χ0) is 12.6. The van der Waals surface area contributed by atoms with Gasteiger partial charge in [0.25, 0.3) is 0 Å². The number of nitrogen functional groups attached to an aromatic ring is 1. The number of tetrazole rings is 1. The first-order valence-corrected chi connectivity index (χ1v) is 4.61. The summed E-state index contributed by atoms with van der Waals surface area (Å²) in [6.07, 6.45) is -4.50. The van der Waals surface area contributed by atoms with E-state index in [-0.39, 0.29) is 11.4 Å². The highest BCUT2D eigenvalue weighted by molar-refractivity contribution is 5.53. The number of rotatable bonds is 1. The number of aryl methyl sites for hydroxylation is 1. The van der Waals surface area contributed by atoms with Crippen molar-refractivity contribution >= 4 is 5.69 Å². The van der Waals surface area contributed by atoms with Gasteiger partial charge >= 0.3 is 6.18 Å². The van der Waals surface area contributed by atoms with Crippen LogP contribution >= 0.6 is 0 Å². The maximum absolute atomic E-state index is 12.6. The standard InChI is InChI=1S/C9H8F3N5/c1-5-14-15-16-17(5)6-2-3-8(13)7(4-6)9(10,11)12/h2-4H,13H2,1H3. The average Bonchev–Trinajstić information content (AvgIpc) is 2.63. The van der Waals surface area contributed by atoms with Crippen molar-refractivity contribution in [1.82, 2.24) is 20.2 Å². The Kier molecular flexibility index (Phi) is 2.49. The van der Waals surface area contributed by atoms with Crippen LogP contribution in [0.15, 0.2) is 18.2 Å². The van der Waals surface area contributed by atoms with Gasteiger partial charge in [0, 0.05) is 5.69 Å². The van der Waals surface area contributed by atoms with Crippen molar-refractivity contribution in [3.8, 4) is 5.69 Å². The maximum Gasteiger partial charge on any atom is 0.418 e. The van der Waals surface area contributed by atoms with Crippen molar-refractivity contribution in [1.29, 1.82) is 0 Å². The highest BCUT2D eigenvalue weighted by atomic mass is 19.4. The van der Waals surface area contributed by atoms with E-state index in [0.717, 1.165) is 6.07 Å². The Morgan fingerprint density at radius 3 is 2.53 bits per heavy atom. The molecule has 17 heavy (non-hydrogen) atoms. The number of aromatic nitrogens is 4. The summed E-state index contributed by atoms with van der Waals surface area (Å²) in [5.41, 5.74) is 4.28. The molecule has 2 N–H and O–H groups in total. The Morgan fingerprint density at radius 1 is 1.29 bits per heavy atom. The third-order valence-electron chi connectivity index (χ3n) is 2.21. The number of hydrogen-bond donors (Lipinski definition) is 1. The monoisotopic (exact) mass is 243 g/mol. The van der Waals surface area contributed by atoms with Crippen LogP contribution in [0.3, 0.4) is 0 Å². The minimum atomic E-state index is -4.50. The molecule has 0 unspecified atom stereocenters. The van der Waals surface area contributed by atoms with Gasteiger partial charge in [-0.25, -0.2) is 0 Å². The van der Waals surface area contributed by atoms with Gasteiger partial charge in [0.2, 0.25) is 0 Å². The van der Waals surface area contributed by atoms with Crippen LogP contribution in [0.5, 0.6) is 0 Å². The topological polar surface area (TPSA) is 69.6 Å². The lowest BCUT2D eigenvalue weighted by Gasteiger charge is -2.11. The molecule has 8 heteroatoms. The number of anilines is 1. The van der Waals surface area contributed by atoms with Gasteiger partial charge in [-0.1, -0.05) is 0 Å². The van der Waals surface area contributed by atoms with Crippen molar-refractivity contribution in [2.24, 2.45) is 0 Å². The molecule has 0 aliphatic rings. The van der Waals surface area contributed by atoms with Gasteiger partial charge in [-0.05, 0) is 35.5 Å². The summed E-state index contributed by atoms with van der Waals surface area (Å²) in [7, 11) is 0. The van der Waals surface area contributed by atoms with Crippen LogP contribution in [0.4, 0.5) is 18.9 Å². The molecule has 5 nitrogen and oxygen atoms in total. The molecule has 1 heterocycles. The van der Waals surface area contributed by atoms with Gasteiger partial charge in [-0.2, -0.15) is 17.9 Å². The molecule has 0 saturated heterocycles. The lowest BCUT2D eigenvalue weighted by molar-refractivity contribution is -0.136. The highest BCUT2D eigenvalue weighted by Crippen LogP contribution is 2.34. The Bertz CT molecular complexity index is 546. The fraction of sp³-hybridized carbons (Fsp3) is 0.222. The van der Waals surface area contributed by atoms with Crippen LogP contribution in [0, 0.1) is 6.92 Å². The van der Waals surface area contributed by atoms with Gasteiger partial charge in [0.15, 0.2) is 5.82 Å². The number of benzene rings is 1. The predicted octanol–water partition coefficient (Wildman–Crippen LogP) is 1.57. The summed E-state index contributed by atoms with van der Waals surface area (Å²) in [4.78, 5) is 0. The third-order valence-corrected chi connectivity index (χ3v) is 2.21. The van der Waals surface area contributed by atoms with Gasteiger partial charge in [-0.15, -0.1) is 5.10 Å². The normalized spacial score (nSPS) is 11.8. The van der Waals surface area contributed by atoms with Crippen LogP contribution in [-0.2, 0) is 6.18 Å². The third kappa shape index (κ3) is 2.05. The summed E-state index contributed by atoms with van der Waals surface area (Å²) in [5.74, 6) is 0.392. The van der Waals surface area contributed by atoms with Crippen LogP contribution in [-0.4, -0.2) is 20.2 Å². The van der Waals surface area contributed by atoms with E-state index in [1.165, 1.54) is 16.8 Å². The van der Waals surface area contributed by atoms with Gasteiger partial charge in [0.05, 0.1) is 11.3 Å². The summed E-state index contributed by atoms with van der Waals surface area (Å²) in [6.45, 7) is 1.59. The Hall–Kier alpha value is -2.12. The van der Waals surface area contributed by atoms with Crippen LogP contribution in [0.25, 0.3) is 5.69 Å². The molecule has 0 amide bonds. The van der Waals surface area contributed by atoms with Crippen LogP contribution in [0.2, 0.25) is 0 Å². The van der Waals surface area contributed by atoms with E-state index in [4.69, 9.17) is 5.73 Å². The number of alkyl halides is 3. The molecule has 1 aromatic carbocycles. The van der Waals surface area contributed by atoms with E-state index in [9.17, 15) is 13.2 Å². The summed E-state index contributed by atoms with van der Waals surface area (Å²) >= 11 is 0. The Labute approximate surface area is 94.0 Å². The molecule has 0 spiro atoms. The largest absolute Gasteiger partial charge is 0.418 e. The predicted molar refractivity (Wildman–Crippen MR) is 53.3 cm³/mol. The molecule has 0 fully saturated rings.